The van der Waals surface area contributed by atoms with Crippen LogP contribution in [-0.2, 0) is 0 Å². The van der Waals surface area contributed by atoms with Gasteiger partial charge in [0.2, 0.25) is 0 Å². The quantitative estimate of drug-likeness (QED) is 0.843. The number of para-hydroxylation sites is 1. The number of amides is 1. The highest BCUT2D eigenvalue weighted by atomic mass is 79.9. The molecule has 0 aliphatic rings. The van der Waals surface area contributed by atoms with E-state index in [1.807, 2.05) is 25.1 Å². The maximum absolute atomic E-state index is 12.3. The Morgan fingerprint density at radius 1 is 1.30 bits per heavy atom. The van der Waals surface area contributed by atoms with Gasteiger partial charge >= 0.3 is 0 Å². The van der Waals surface area contributed by atoms with Gasteiger partial charge in [-0.2, -0.15) is 0 Å². The van der Waals surface area contributed by atoms with Crippen LogP contribution in [0.2, 0.25) is 0 Å². The molecule has 2 aromatic carbocycles. The minimum Gasteiger partial charge on any atom is -0.495 e. The number of ether oxygens (including phenoxy) is 1. The molecule has 0 aliphatic carbocycles. The molecule has 4 nitrogen and oxygen atoms in total. The summed E-state index contributed by atoms with van der Waals surface area (Å²) >= 11 is 3.38. The van der Waals surface area contributed by atoms with Crippen LogP contribution in [0, 0.1) is 6.92 Å². The molecule has 0 atom stereocenters. The smallest absolute Gasteiger partial charge is 0.257 e. The molecular weight excluding hydrogens is 320 g/mol. The van der Waals surface area contributed by atoms with E-state index in [-0.39, 0.29) is 5.91 Å². The zero-order valence-electron chi connectivity index (χ0n) is 11.2. The summed E-state index contributed by atoms with van der Waals surface area (Å²) < 4.78 is 6.02. The van der Waals surface area contributed by atoms with Gasteiger partial charge in [0, 0.05) is 10.2 Å². The van der Waals surface area contributed by atoms with Gasteiger partial charge in [0.05, 0.1) is 18.4 Å². The minimum absolute atomic E-state index is 0.261. The van der Waals surface area contributed by atoms with Crippen molar-refractivity contribution in [3.8, 4) is 5.75 Å². The van der Waals surface area contributed by atoms with E-state index >= 15 is 0 Å². The molecule has 1 amide bonds. The highest BCUT2D eigenvalue weighted by Crippen LogP contribution is 2.26. The van der Waals surface area contributed by atoms with E-state index in [1.54, 1.807) is 18.2 Å². The van der Waals surface area contributed by atoms with E-state index in [0.717, 1.165) is 15.7 Å². The predicted molar refractivity (Wildman–Crippen MR) is 84.2 cm³/mol. The van der Waals surface area contributed by atoms with E-state index in [1.165, 1.54) is 7.11 Å². The fourth-order valence-corrected chi connectivity index (χ4v) is 2.20. The minimum atomic E-state index is -0.261. The summed E-state index contributed by atoms with van der Waals surface area (Å²) in [5.41, 5.74) is 8.36. The summed E-state index contributed by atoms with van der Waals surface area (Å²) in [6.07, 6.45) is 0. The molecule has 0 heterocycles. The Labute approximate surface area is 126 Å². The van der Waals surface area contributed by atoms with E-state index in [9.17, 15) is 4.79 Å². The number of carbonyl (C=O) groups excluding carboxylic acids is 1. The molecule has 3 N–H and O–H groups in total. The average molecular weight is 335 g/mol. The average Bonchev–Trinajstić information content (AvgIpc) is 2.43. The fourth-order valence-electron chi connectivity index (χ4n) is 1.84. The summed E-state index contributed by atoms with van der Waals surface area (Å²) in [4.78, 5) is 12.3. The summed E-state index contributed by atoms with van der Waals surface area (Å²) in [6.45, 7) is 1.93. The van der Waals surface area contributed by atoms with Crippen molar-refractivity contribution >= 4 is 33.2 Å². The summed E-state index contributed by atoms with van der Waals surface area (Å²) in [5, 5.41) is 2.85. The van der Waals surface area contributed by atoms with Crippen LogP contribution in [0.15, 0.2) is 40.9 Å². The third-order valence-corrected chi connectivity index (χ3v) is 3.47. The first-order valence-corrected chi connectivity index (χ1v) is 6.82. The van der Waals surface area contributed by atoms with E-state index in [4.69, 9.17) is 10.5 Å². The van der Waals surface area contributed by atoms with Crippen LogP contribution in [-0.4, -0.2) is 13.0 Å². The second-order valence-electron chi connectivity index (χ2n) is 4.33. The van der Waals surface area contributed by atoms with Gasteiger partial charge in [-0.25, -0.2) is 0 Å². The Balaban J connectivity index is 2.31. The molecule has 0 saturated carbocycles. The zero-order valence-corrected chi connectivity index (χ0v) is 12.8. The number of carbonyl (C=O) groups is 1. The standard InChI is InChI=1S/C15H15BrN2O2/c1-9-6-7-10(16)8-12(9)18-15(19)11-4-3-5-13(20-2)14(11)17/h3-8H,17H2,1-2H3,(H,18,19). The Morgan fingerprint density at radius 2 is 2.05 bits per heavy atom. The molecule has 5 heteroatoms. The molecule has 0 bridgehead atoms. The van der Waals surface area contributed by atoms with Crippen LogP contribution < -0.4 is 15.8 Å². The van der Waals surface area contributed by atoms with Gasteiger partial charge in [-0.3, -0.25) is 4.79 Å². The number of methoxy groups -OCH3 is 1. The molecule has 20 heavy (non-hydrogen) atoms. The number of benzene rings is 2. The first kappa shape index (κ1) is 14.4. The lowest BCUT2D eigenvalue weighted by Gasteiger charge is -2.12. The van der Waals surface area contributed by atoms with Crippen LogP contribution in [0.25, 0.3) is 0 Å². The van der Waals surface area contributed by atoms with Crippen molar-refractivity contribution in [2.75, 3.05) is 18.2 Å². The van der Waals surface area contributed by atoms with Gasteiger partial charge in [0.25, 0.3) is 5.91 Å². The lowest BCUT2D eigenvalue weighted by molar-refractivity contribution is 0.102. The summed E-state index contributed by atoms with van der Waals surface area (Å²) in [5.74, 6) is 0.228. The topological polar surface area (TPSA) is 64.3 Å². The summed E-state index contributed by atoms with van der Waals surface area (Å²) in [7, 11) is 1.52. The number of aryl methyl sites for hydroxylation is 1. The van der Waals surface area contributed by atoms with Crippen LogP contribution in [0.1, 0.15) is 15.9 Å². The van der Waals surface area contributed by atoms with Gasteiger partial charge in [-0.1, -0.05) is 28.1 Å². The molecule has 2 rings (SSSR count). The fraction of sp³-hybridized carbons (Fsp3) is 0.133. The third kappa shape index (κ3) is 2.93. The molecule has 0 unspecified atom stereocenters. The van der Waals surface area contributed by atoms with Crippen molar-refractivity contribution < 1.29 is 9.53 Å². The van der Waals surface area contributed by atoms with Crippen molar-refractivity contribution in [3.63, 3.8) is 0 Å². The van der Waals surface area contributed by atoms with Gasteiger partial charge < -0.3 is 15.8 Å². The predicted octanol–water partition coefficient (Wildman–Crippen LogP) is 3.60. The van der Waals surface area contributed by atoms with Gasteiger partial charge in [0.1, 0.15) is 5.75 Å². The number of hydrogen-bond donors (Lipinski definition) is 2. The lowest BCUT2D eigenvalue weighted by Crippen LogP contribution is -2.15. The zero-order chi connectivity index (χ0) is 14.7. The number of rotatable bonds is 3. The monoisotopic (exact) mass is 334 g/mol. The number of hydrogen-bond acceptors (Lipinski definition) is 3. The Morgan fingerprint density at radius 3 is 2.75 bits per heavy atom. The van der Waals surface area contributed by atoms with Crippen LogP contribution in [0.3, 0.4) is 0 Å². The molecule has 104 valence electrons. The SMILES string of the molecule is COc1cccc(C(=O)Nc2cc(Br)ccc2C)c1N. The number of nitrogen functional groups attached to an aromatic ring is 1. The maximum atomic E-state index is 12.3. The van der Waals surface area contributed by atoms with Crippen molar-refractivity contribution in [1.82, 2.24) is 0 Å². The number of nitrogens with two attached hydrogens (primary N) is 1. The van der Waals surface area contributed by atoms with Crippen molar-refractivity contribution in [3.05, 3.63) is 52.0 Å². The van der Waals surface area contributed by atoms with Crippen molar-refractivity contribution in [2.45, 2.75) is 6.92 Å². The van der Waals surface area contributed by atoms with E-state index < -0.39 is 0 Å². The number of nitrogens with one attached hydrogen (secondary N) is 1. The van der Waals surface area contributed by atoms with Gasteiger partial charge in [0.15, 0.2) is 0 Å². The van der Waals surface area contributed by atoms with Gasteiger partial charge in [-0.15, -0.1) is 0 Å². The molecule has 0 radical (unpaired) electrons. The number of anilines is 2. The number of halogens is 1. The largest absolute Gasteiger partial charge is 0.495 e. The normalized spacial score (nSPS) is 10.2. The molecule has 0 aliphatic heterocycles. The second kappa shape index (κ2) is 5.96. The first-order chi connectivity index (χ1) is 9.52. The lowest BCUT2D eigenvalue weighted by atomic mass is 10.1. The van der Waals surface area contributed by atoms with Crippen molar-refractivity contribution in [2.24, 2.45) is 0 Å². The van der Waals surface area contributed by atoms with Gasteiger partial charge in [-0.05, 0) is 36.8 Å². The highest BCUT2D eigenvalue weighted by molar-refractivity contribution is 9.10. The van der Waals surface area contributed by atoms with Crippen molar-refractivity contribution in [1.29, 1.82) is 0 Å². The molecule has 0 spiro atoms. The molecule has 0 fully saturated rings. The summed E-state index contributed by atoms with van der Waals surface area (Å²) in [6, 6.07) is 10.8. The highest BCUT2D eigenvalue weighted by Gasteiger charge is 2.14. The Bertz CT molecular complexity index is 656. The first-order valence-electron chi connectivity index (χ1n) is 6.03. The molecule has 0 aromatic heterocycles. The molecular formula is C15H15BrN2O2. The maximum Gasteiger partial charge on any atom is 0.257 e. The Hall–Kier alpha value is -2.01. The van der Waals surface area contributed by atoms with E-state index in [2.05, 4.69) is 21.2 Å². The third-order valence-electron chi connectivity index (χ3n) is 2.98. The Kier molecular flexibility index (Phi) is 4.29. The van der Waals surface area contributed by atoms with Crippen LogP contribution in [0.5, 0.6) is 5.75 Å². The molecule has 2 aromatic rings. The van der Waals surface area contributed by atoms with Crippen LogP contribution >= 0.6 is 15.9 Å². The van der Waals surface area contributed by atoms with Crippen LogP contribution in [0.4, 0.5) is 11.4 Å². The second-order valence-corrected chi connectivity index (χ2v) is 5.25. The molecule has 0 saturated heterocycles. The van der Waals surface area contributed by atoms with E-state index in [0.29, 0.717) is 17.0 Å².